The average Bonchev–Trinajstić information content (AvgIpc) is 2.48. The van der Waals surface area contributed by atoms with Crippen molar-refractivity contribution in [1.82, 2.24) is 9.97 Å². The molecule has 0 atom stereocenters. The van der Waals surface area contributed by atoms with Crippen LogP contribution in [-0.4, -0.2) is 22.4 Å². The van der Waals surface area contributed by atoms with Crippen LogP contribution in [0.4, 0.5) is 10.1 Å². The van der Waals surface area contributed by atoms with E-state index in [4.69, 9.17) is 5.73 Å². The Hall–Kier alpha value is -2.98. The summed E-state index contributed by atoms with van der Waals surface area (Å²) in [5, 5.41) is 2.55. The van der Waals surface area contributed by atoms with Crippen LogP contribution in [0.5, 0.6) is 0 Å². The Morgan fingerprint density at radius 2 is 2.29 bits per heavy atom. The summed E-state index contributed by atoms with van der Waals surface area (Å²) in [5.74, 6) is 4.24. The van der Waals surface area contributed by atoms with Crippen LogP contribution < -0.4 is 16.6 Å². The summed E-state index contributed by atoms with van der Waals surface area (Å²) in [6, 6.07) is 3.78. The van der Waals surface area contributed by atoms with Gasteiger partial charge in [0.05, 0.1) is 24.0 Å². The first-order valence-corrected chi connectivity index (χ1v) is 5.94. The molecule has 0 fully saturated rings. The maximum Gasteiger partial charge on any atom is 0.275 e. The van der Waals surface area contributed by atoms with Crippen LogP contribution in [0.1, 0.15) is 16.1 Å². The van der Waals surface area contributed by atoms with E-state index in [9.17, 15) is 14.0 Å². The Morgan fingerprint density at radius 3 is 2.95 bits per heavy atom. The standard InChI is InChI=1S/C14H11FN4O2/c15-10-3-4-11(9(6-10)2-1-5-16)19-14(21)12-7-18-13(20)8-17-12/h3-4,6-8H,5,16H2,(H,18,20)(H,19,21). The molecule has 0 aliphatic rings. The van der Waals surface area contributed by atoms with Crippen molar-refractivity contribution >= 4 is 11.6 Å². The molecule has 0 radical (unpaired) electrons. The van der Waals surface area contributed by atoms with Gasteiger partial charge < -0.3 is 16.0 Å². The largest absolute Gasteiger partial charge is 0.325 e. The maximum atomic E-state index is 13.2. The van der Waals surface area contributed by atoms with Crippen LogP contribution in [0.2, 0.25) is 0 Å². The van der Waals surface area contributed by atoms with Crippen LogP contribution in [0, 0.1) is 17.7 Å². The van der Waals surface area contributed by atoms with Crippen LogP contribution in [0.15, 0.2) is 35.4 Å². The van der Waals surface area contributed by atoms with Crippen molar-refractivity contribution in [2.24, 2.45) is 5.73 Å². The third-order valence-electron chi connectivity index (χ3n) is 2.46. The lowest BCUT2D eigenvalue weighted by atomic mass is 10.1. The molecule has 2 aromatic rings. The fourth-order valence-corrected chi connectivity index (χ4v) is 1.53. The average molecular weight is 286 g/mol. The smallest absolute Gasteiger partial charge is 0.275 e. The predicted molar refractivity (Wildman–Crippen MR) is 75.1 cm³/mol. The lowest BCUT2D eigenvalue weighted by Gasteiger charge is -2.07. The van der Waals surface area contributed by atoms with Gasteiger partial charge in [-0.1, -0.05) is 11.8 Å². The molecule has 106 valence electrons. The second-order valence-corrected chi connectivity index (χ2v) is 3.95. The van der Waals surface area contributed by atoms with Crippen molar-refractivity contribution < 1.29 is 9.18 Å². The van der Waals surface area contributed by atoms with Gasteiger partial charge in [0.25, 0.3) is 11.5 Å². The minimum absolute atomic E-state index is 0.0247. The van der Waals surface area contributed by atoms with Crippen molar-refractivity contribution in [1.29, 1.82) is 0 Å². The first-order chi connectivity index (χ1) is 10.1. The zero-order valence-corrected chi connectivity index (χ0v) is 10.8. The number of nitrogens with one attached hydrogen (secondary N) is 2. The Morgan fingerprint density at radius 1 is 1.48 bits per heavy atom. The highest BCUT2D eigenvalue weighted by molar-refractivity contribution is 6.03. The summed E-state index contributed by atoms with van der Waals surface area (Å²) < 4.78 is 13.2. The van der Waals surface area contributed by atoms with Crippen molar-refractivity contribution in [3.8, 4) is 11.8 Å². The topological polar surface area (TPSA) is 101 Å². The number of aromatic nitrogens is 2. The molecule has 0 spiro atoms. The fourth-order valence-electron chi connectivity index (χ4n) is 1.53. The van der Waals surface area contributed by atoms with Crippen molar-refractivity contribution in [3.05, 3.63) is 58.0 Å². The van der Waals surface area contributed by atoms with Gasteiger partial charge in [0.15, 0.2) is 0 Å². The van der Waals surface area contributed by atoms with Crippen molar-refractivity contribution in [2.45, 2.75) is 0 Å². The summed E-state index contributed by atoms with van der Waals surface area (Å²) in [7, 11) is 0. The Bertz CT molecular complexity index is 769. The summed E-state index contributed by atoms with van der Waals surface area (Å²) >= 11 is 0. The minimum Gasteiger partial charge on any atom is -0.325 e. The van der Waals surface area contributed by atoms with E-state index in [2.05, 4.69) is 27.1 Å². The van der Waals surface area contributed by atoms with E-state index >= 15 is 0 Å². The molecule has 0 bridgehead atoms. The molecule has 2 rings (SSSR count). The van der Waals surface area contributed by atoms with Crippen LogP contribution in [-0.2, 0) is 0 Å². The normalized spacial score (nSPS) is 9.62. The van der Waals surface area contributed by atoms with E-state index in [-0.39, 0.29) is 12.2 Å². The van der Waals surface area contributed by atoms with Crippen LogP contribution in [0.3, 0.4) is 0 Å². The lowest BCUT2D eigenvalue weighted by Crippen LogP contribution is -2.17. The highest BCUT2D eigenvalue weighted by atomic mass is 19.1. The molecular formula is C14H11FN4O2. The summed E-state index contributed by atoms with van der Waals surface area (Å²) in [6.07, 6.45) is 2.18. The molecule has 0 saturated carbocycles. The molecule has 4 N–H and O–H groups in total. The first-order valence-electron chi connectivity index (χ1n) is 5.94. The number of hydrogen-bond acceptors (Lipinski definition) is 4. The SMILES string of the molecule is NCC#Cc1cc(F)ccc1NC(=O)c1c[nH]c(=O)cn1. The number of halogens is 1. The minimum atomic E-state index is -0.548. The molecule has 1 heterocycles. The number of anilines is 1. The van der Waals surface area contributed by atoms with E-state index in [1.165, 1.54) is 24.4 Å². The summed E-state index contributed by atoms with van der Waals surface area (Å²) in [5.41, 5.74) is 5.52. The molecule has 0 saturated heterocycles. The monoisotopic (exact) mass is 286 g/mol. The number of aromatic amines is 1. The maximum absolute atomic E-state index is 13.2. The van der Waals surface area contributed by atoms with E-state index < -0.39 is 17.3 Å². The second kappa shape index (κ2) is 6.45. The van der Waals surface area contributed by atoms with Gasteiger partial charge >= 0.3 is 0 Å². The first kappa shape index (κ1) is 14.4. The molecule has 1 aromatic heterocycles. The number of hydrogen-bond donors (Lipinski definition) is 3. The number of nitrogens with two attached hydrogens (primary N) is 1. The Balaban J connectivity index is 2.28. The predicted octanol–water partition coefficient (Wildman–Crippen LogP) is 0.471. The van der Waals surface area contributed by atoms with Crippen molar-refractivity contribution in [3.63, 3.8) is 0 Å². The second-order valence-electron chi connectivity index (χ2n) is 3.95. The number of nitrogens with zero attached hydrogens (tertiary/aromatic N) is 1. The third kappa shape index (κ3) is 3.75. The molecule has 7 heteroatoms. The van der Waals surface area contributed by atoms with E-state index in [1.807, 2.05) is 0 Å². The van der Waals surface area contributed by atoms with Crippen molar-refractivity contribution in [2.75, 3.05) is 11.9 Å². The molecule has 0 aliphatic heterocycles. The summed E-state index contributed by atoms with van der Waals surface area (Å²) in [6.45, 7) is 0.116. The van der Waals surface area contributed by atoms with E-state index in [0.29, 0.717) is 11.3 Å². The van der Waals surface area contributed by atoms with Gasteiger partial charge in [-0.3, -0.25) is 9.59 Å². The molecule has 0 unspecified atom stereocenters. The number of carbonyl (C=O) groups excluding carboxylic acids is 1. The zero-order chi connectivity index (χ0) is 15.2. The molecule has 0 aliphatic carbocycles. The van der Waals surface area contributed by atoms with Gasteiger partial charge in [-0.2, -0.15) is 0 Å². The number of amides is 1. The molecule has 6 nitrogen and oxygen atoms in total. The van der Waals surface area contributed by atoms with E-state index in [0.717, 1.165) is 6.20 Å². The highest BCUT2D eigenvalue weighted by Crippen LogP contribution is 2.16. The summed E-state index contributed by atoms with van der Waals surface area (Å²) in [4.78, 5) is 28.9. The lowest BCUT2D eigenvalue weighted by molar-refractivity contribution is 0.102. The molecule has 1 amide bonds. The number of rotatable bonds is 2. The third-order valence-corrected chi connectivity index (χ3v) is 2.46. The molecular weight excluding hydrogens is 275 g/mol. The van der Waals surface area contributed by atoms with Crippen LogP contribution in [0.25, 0.3) is 0 Å². The molecule has 1 aromatic carbocycles. The number of benzene rings is 1. The van der Waals surface area contributed by atoms with Gasteiger partial charge in [-0.05, 0) is 18.2 Å². The van der Waals surface area contributed by atoms with Gasteiger partial charge in [0.2, 0.25) is 0 Å². The Kier molecular flexibility index (Phi) is 4.43. The van der Waals surface area contributed by atoms with Gasteiger partial charge in [-0.25, -0.2) is 9.37 Å². The zero-order valence-electron chi connectivity index (χ0n) is 10.8. The van der Waals surface area contributed by atoms with E-state index in [1.54, 1.807) is 0 Å². The van der Waals surface area contributed by atoms with Gasteiger partial charge in [0, 0.05) is 6.20 Å². The fraction of sp³-hybridized carbons (Fsp3) is 0.0714. The molecule has 21 heavy (non-hydrogen) atoms. The van der Waals surface area contributed by atoms with Crippen LogP contribution >= 0.6 is 0 Å². The quantitative estimate of drug-likeness (QED) is 0.699. The number of carbonyl (C=O) groups is 1. The number of H-pyrrole nitrogens is 1. The highest BCUT2D eigenvalue weighted by Gasteiger charge is 2.10. The van der Waals surface area contributed by atoms with Gasteiger partial charge in [-0.15, -0.1) is 0 Å². The Labute approximate surface area is 119 Å². The van der Waals surface area contributed by atoms with Gasteiger partial charge in [0.1, 0.15) is 11.5 Å².